The fraction of sp³-hybridized carbons (Fsp3) is 0.333. The maximum atomic E-state index is 12.3. The number of hydrogen-bond acceptors (Lipinski definition) is 3. The molecule has 0 spiro atoms. The summed E-state index contributed by atoms with van der Waals surface area (Å²) >= 11 is 1.50. The number of primary amides is 1. The smallest absolute Gasteiger partial charge is 0.251 e. The molecule has 1 aromatic heterocycles. The van der Waals surface area contributed by atoms with Crippen molar-refractivity contribution in [3.05, 3.63) is 57.5 Å². The molecule has 0 unspecified atom stereocenters. The second kappa shape index (κ2) is 8.32. The number of thiophene rings is 1. The number of aryl methyl sites for hydroxylation is 2. The molecule has 3 N–H and O–H groups in total. The summed E-state index contributed by atoms with van der Waals surface area (Å²) in [5.74, 6) is -0.705. The molecule has 26 heavy (non-hydrogen) atoms. The molecule has 136 valence electrons. The van der Waals surface area contributed by atoms with E-state index in [-0.39, 0.29) is 5.91 Å². The third-order valence-electron chi connectivity index (χ3n) is 4.66. The first-order valence-electron chi connectivity index (χ1n) is 9.04. The van der Waals surface area contributed by atoms with Crippen molar-refractivity contribution in [2.45, 2.75) is 45.4 Å². The Balaban J connectivity index is 1.80. The molecule has 0 aliphatic heterocycles. The molecule has 0 saturated carbocycles. The molecule has 1 aliphatic rings. The summed E-state index contributed by atoms with van der Waals surface area (Å²) < 4.78 is 0. The van der Waals surface area contributed by atoms with Gasteiger partial charge in [0.15, 0.2) is 0 Å². The SMILES string of the molecule is Cc1ccc(C=CC(=O)Nc2sc3c(c2C(N)=O)CCCCCC3)cc1. The van der Waals surface area contributed by atoms with Crippen LogP contribution in [0.3, 0.4) is 0 Å². The van der Waals surface area contributed by atoms with Gasteiger partial charge in [-0.2, -0.15) is 0 Å². The highest BCUT2D eigenvalue weighted by Gasteiger charge is 2.23. The zero-order valence-electron chi connectivity index (χ0n) is 15.0. The highest BCUT2D eigenvalue weighted by molar-refractivity contribution is 7.17. The Bertz CT molecular complexity index is 834. The van der Waals surface area contributed by atoms with Crippen LogP contribution < -0.4 is 11.1 Å². The molecule has 1 heterocycles. The Kier molecular flexibility index (Phi) is 5.89. The van der Waals surface area contributed by atoms with E-state index >= 15 is 0 Å². The number of anilines is 1. The second-order valence-corrected chi connectivity index (χ2v) is 7.82. The largest absolute Gasteiger partial charge is 0.365 e. The monoisotopic (exact) mass is 368 g/mol. The molecule has 3 rings (SSSR count). The van der Waals surface area contributed by atoms with Crippen molar-refractivity contribution >= 4 is 34.2 Å². The molecule has 2 amide bonds. The summed E-state index contributed by atoms with van der Waals surface area (Å²) in [4.78, 5) is 25.5. The van der Waals surface area contributed by atoms with Gasteiger partial charge in [-0.25, -0.2) is 0 Å². The van der Waals surface area contributed by atoms with Crippen molar-refractivity contribution in [2.24, 2.45) is 5.73 Å². The van der Waals surface area contributed by atoms with Crippen LogP contribution in [-0.4, -0.2) is 11.8 Å². The van der Waals surface area contributed by atoms with Gasteiger partial charge in [-0.15, -0.1) is 11.3 Å². The summed E-state index contributed by atoms with van der Waals surface area (Å²) in [6, 6.07) is 7.93. The van der Waals surface area contributed by atoms with Gasteiger partial charge in [0, 0.05) is 11.0 Å². The van der Waals surface area contributed by atoms with Crippen LogP contribution in [0.15, 0.2) is 30.3 Å². The topological polar surface area (TPSA) is 72.2 Å². The van der Waals surface area contributed by atoms with Gasteiger partial charge in [-0.05, 0) is 49.8 Å². The third-order valence-corrected chi connectivity index (χ3v) is 5.87. The Hall–Kier alpha value is -2.40. The van der Waals surface area contributed by atoms with Gasteiger partial charge in [0.05, 0.1) is 5.56 Å². The van der Waals surface area contributed by atoms with Crippen LogP contribution >= 0.6 is 11.3 Å². The summed E-state index contributed by atoms with van der Waals surface area (Å²) in [5.41, 5.74) is 9.30. The summed E-state index contributed by atoms with van der Waals surface area (Å²) in [5, 5.41) is 3.45. The first-order valence-corrected chi connectivity index (χ1v) is 9.86. The van der Waals surface area contributed by atoms with Crippen LogP contribution in [0.5, 0.6) is 0 Å². The fourth-order valence-electron chi connectivity index (χ4n) is 3.27. The molecular weight excluding hydrogens is 344 g/mol. The number of carbonyl (C=O) groups is 2. The van der Waals surface area contributed by atoms with Gasteiger partial charge in [-0.3, -0.25) is 9.59 Å². The molecule has 1 aromatic carbocycles. The number of amides is 2. The minimum Gasteiger partial charge on any atom is -0.365 e. The summed E-state index contributed by atoms with van der Waals surface area (Å²) in [7, 11) is 0. The first-order chi connectivity index (χ1) is 12.5. The van der Waals surface area contributed by atoms with Crippen molar-refractivity contribution in [2.75, 3.05) is 5.32 Å². The molecule has 0 fully saturated rings. The van der Waals surface area contributed by atoms with E-state index in [0.717, 1.165) is 36.8 Å². The van der Waals surface area contributed by atoms with Crippen molar-refractivity contribution in [3.63, 3.8) is 0 Å². The van der Waals surface area contributed by atoms with E-state index in [1.807, 2.05) is 31.2 Å². The zero-order chi connectivity index (χ0) is 18.5. The second-order valence-electron chi connectivity index (χ2n) is 6.72. The van der Waals surface area contributed by atoms with Gasteiger partial charge in [0.25, 0.3) is 5.91 Å². The van der Waals surface area contributed by atoms with Gasteiger partial charge in [0.2, 0.25) is 5.91 Å². The third kappa shape index (κ3) is 4.41. The Morgan fingerprint density at radius 1 is 1.08 bits per heavy atom. The number of nitrogens with two attached hydrogens (primary N) is 1. The predicted octanol–water partition coefficient (Wildman–Crippen LogP) is 4.47. The number of hydrogen-bond donors (Lipinski definition) is 2. The van der Waals surface area contributed by atoms with Crippen molar-refractivity contribution in [1.82, 2.24) is 0 Å². The lowest BCUT2D eigenvalue weighted by Gasteiger charge is -2.10. The van der Waals surface area contributed by atoms with Gasteiger partial charge in [0.1, 0.15) is 5.00 Å². The lowest BCUT2D eigenvalue weighted by Crippen LogP contribution is -2.17. The van der Waals surface area contributed by atoms with Gasteiger partial charge in [-0.1, -0.05) is 42.7 Å². The standard InChI is InChI=1S/C21H24N2O2S/c1-14-8-10-15(11-9-14)12-13-18(24)23-21-19(20(22)25)16-6-4-2-3-5-7-17(16)26-21/h8-13H,2-7H2,1H3,(H2,22,25)(H,23,24). The molecule has 0 radical (unpaired) electrons. The first kappa shape index (κ1) is 18.4. The zero-order valence-corrected chi connectivity index (χ0v) is 15.8. The van der Waals surface area contributed by atoms with Crippen LogP contribution in [0.2, 0.25) is 0 Å². The summed E-state index contributed by atoms with van der Waals surface area (Å²) in [6.45, 7) is 2.02. The quantitative estimate of drug-likeness (QED) is 0.782. The number of rotatable bonds is 4. The van der Waals surface area contributed by atoms with Gasteiger partial charge >= 0.3 is 0 Å². The molecule has 5 heteroatoms. The van der Waals surface area contributed by atoms with Crippen molar-refractivity contribution in [1.29, 1.82) is 0 Å². The molecule has 0 atom stereocenters. The van der Waals surface area contributed by atoms with Crippen LogP contribution in [0.25, 0.3) is 6.08 Å². The van der Waals surface area contributed by atoms with Crippen LogP contribution in [-0.2, 0) is 17.6 Å². The molecule has 0 saturated heterocycles. The average Bonchev–Trinajstić information content (AvgIpc) is 2.91. The maximum absolute atomic E-state index is 12.3. The normalized spacial score (nSPS) is 14.5. The van der Waals surface area contributed by atoms with Crippen molar-refractivity contribution < 1.29 is 9.59 Å². The predicted molar refractivity (Wildman–Crippen MR) is 108 cm³/mol. The molecule has 0 bridgehead atoms. The van der Waals surface area contributed by atoms with Crippen molar-refractivity contribution in [3.8, 4) is 0 Å². The summed E-state index contributed by atoms with van der Waals surface area (Å²) in [6.07, 6.45) is 9.64. The lowest BCUT2D eigenvalue weighted by atomic mass is 9.96. The Morgan fingerprint density at radius 3 is 2.46 bits per heavy atom. The van der Waals surface area contributed by atoms with Crippen LogP contribution in [0.1, 0.15) is 57.6 Å². The highest BCUT2D eigenvalue weighted by atomic mass is 32.1. The maximum Gasteiger partial charge on any atom is 0.251 e. The van der Waals surface area contributed by atoms with E-state index in [4.69, 9.17) is 5.73 Å². The number of nitrogens with one attached hydrogen (secondary N) is 1. The van der Waals surface area contributed by atoms with E-state index < -0.39 is 5.91 Å². The Morgan fingerprint density at radius 2 is 1.77 bits per heavy atom. The van der Waals surface area contributed by atoms with Crippen LogP contribution in [0, 0.1) is 6.92 Å². The molecular formula is C21H24N2O2S. The van der Waals surface area contributed by atoms with E-state index in [1.165, 1.54) is 40.7 Å². The fourth-order valence-corrected chi connectivity index (χ4v) is 4.57. The van der Waals surface area contributed by atoms with Crippen LogP contribution in [0.4, 0.5) is 5.00 Å². The Labute approximate surface area is 158 Å². The highest BCUT2D eigenvalue weighted by Crippen LogP contribution is 2.36. The minimum absolute atomic E-state index is 0.248. The van der Waals surface area contributed by atoms with E-state index in [9.17, 15) is 9.59 Å². The molecule has 2 aromatic rings. The number of carbonyl (C=O) groups excluding carboxylic acids is 2. The van der Waals surface area contributed by atoms with Gasteiger partial charge < -0.3 is 11.1 Å². The number of benzene rings is 1. The average molecular weight is 369 g/mol. The lowest BCUT2D eigenvalue weighted by molar-refractivity contribution is -0.111. The molecule has 1 aliphatic carbocycles. The van der Waals surface area contributed by atoms with E-state index in [1.54, 1.807) is 6.08 Å². The minimum atomic E-state index is -0.458. The van der Waals surface area contributed by atoms with E-state index in [0.29, 0.717) is 10.6 Å². The van der Waals surface area contributed by atoms with E-state index in [2.05, 4.69) is 5.32 Å². The number of fused-ring (bicyclic) bond motifs is 1. The molecule has 4 nitrogen and oxygen atoms in total.